The van der Waals surface area contributed by atoms with Crippen LogP contribution in [0.15, 0.2) is 23.2 Å². The Morgan fingerprint density at radius 2 is 1.96 bits per heavy atom. The molecule has 0 spiro atoms. The summed E-state index contributed by atoms with van der Waals surface area (Å²) in [5, 5.41) is 6.48. The van der Waals surface area contributed by atoms with Gasteiger partial charge >= 0.3 is 6.61 Å². The average Bonchev–Trinajstić information content (AvgIpc) is 2.67. The summed E-state index contributed by atoms with van der Waals surface area (Å²) in [4.78, 5) is 6.95. The number of nitrogens with zero attached hydrogens (tertiary/aromatic N) is 2. The van der Waals surface area contributed by atoms with Gasteiger partial charge in [-0.3, -0.25) is 0 Å². The fourth-order valence-corrected chi connectivity index (χ4v) is 3.04. The van der Waals surface area contributed by atoms with Crippen molar-refractivity contribution in [3.05, 3.63) is 23.8 Å². The van der Waals surface area contributed by atoms with E-state index in [4.69, 9.17) is 4.74 Å². The molecule has 0 atom stereocenters. The number of rotatable bonds is 9. The third-order valence-electron chi connectivity index (χ3n) is 4.40. The van der Waals surface area contributed by atoms with Crippen LogP contribution in [-0.4, -0.2) is 57.3 Å². The maximum atomic E-state index is 12.6. The Morgan fingerprint density at radius 1 is 1.21 bits per heavy atom. The first-order chi connectivity index (χ1) is 13.1. The molecule has 0 radical (unpaired) electrons. The number of methoxy groups -OCH3 is 1. The lowest BCUT2D eigenvalue weighted by molar-refractivity contribution is -0.0504. The predicted molar refractivity (Wildman–Crippen MR) is 118 cm³/mol. The van der Waals surface area contributed by atoms with Crippen LogP contribution in [0, 0.1) is 0 Å². The van der Waals surface area contributed by atoms with E-state index in [0.717, 1.165) is 26.2 Å². The van der Waals surface area contributed by atoms with Crippen LogP contribution >= 0.6 is 24.0 Å². The zero-order chi connectivity index (χ0) is 19.5. The maximum absolute atomic E-state index is 12.6. The van der Waals surface area contributed by atoms with E-state index in [1.165, 1.54) is 32.4 Å². The second-order valence-electron chi connectivity index (χ2n) is 6.38. The molecule has 2 rings (SSSR count). The Bertz CT molecular complexity index is 599. The fraction of sp³-hybridized carbons (Fsp3) is 0.632. The van der Waals surface area contributed by atoms with Gasteiger partial charge in [0.1, 0.15) is 11.5 Å². The molecule has 0 aliphatic carbocycles. The molecule has 1 saturated heterocycles. The van der Waals surface area contributed by atoms with E-state index in [1.807, 2.05) is 6.92 Å². The average molecular weight is 512 g/mol. The molecule has 28 heavy (non-hydrogen) atoms. The van der Waals surface area contributed by atoms with Crippen molar-refractivity contribution in [2.45, 2.75) is 39.3 Å². The topological polar surface area (TPSA) is 58.1 Å². The van der Waals surface area contributed by atoms with Crippen molar-refractivity contribution < 1.29 is 18.3 Å². The second kappa shape index (κ2) is 13.8. The molecular formula is C19H31F2IN4O2. The van der Waals surface area contributed by atoms with Gasteiger partial charge in [-0.2, -0.15) is 8.78 Å². The molecule has 6 nitrogen and oxygen atoms in total. The van der Waals surface area contributed by atoms with E-state index in [0.29, 0.717) is 23.8 Å². The van der Waals surface area contributed by atoms with Gasteiger partial charge in [-0.25, -0.2) is 4.99 Å². The number of hydrogen-bond donors (Lipinski definition) is 2. The Hall–Kier alpha value is -1.36. The SMILES string of the molecule is CCNC(=NCc1cc(OC)ccc1OC(F)F)NCCN1CCCCC1.I. The molecule has 9 heteroatoms. The molecule has 1 aromatic rings. The summed E-state index contributed by atoms with van der Waals surface area (Å²) >= 11 is 0. The van der Waals surface area contributed by atoms with Gasteiger partial charge < -0.3 is 25.0 Å². The van der Waals surface area contributed by atoms with Gasteiger partial charge in [0.2, 0.25) is 0 Å². The van der Waals surface area contributed by atoms with Gasteiger partial charge in [-0.1, -0.05) is 6.42 Å². The number of nitrogens with one attached hydrogen (secondary N) is 2. The van der Waals surface area contributed by atoms with Crippen LogP contribution in [0.5, 0.6) is 11.5 Å². The summed E-state index contributed by atoms with van der Waals surface area (Å²) in [6.45, 7) is 4.07. The van der Waals surface area contributed by atoms with Gasteiger partial charge in [0.15, 0.2) is 5.96 Å². The minimum absolute atomic E-state index is 0. The van der Waals surface area contributed by atoms with Crippen LogP contribution in [0.3, 0.4) is 0 Å². The lowest BCUT2D eigenvalue weighted by atomic mass is 10.1. The van der Waals surface area contributed by atoms with Crippen LogP contribution in [0.1, 0.15) is 31.7 Å². The van der Waals surface area contributed by atoms with Crippen LogP contribution < -0.4 is 20.1 Å². The quantitative estimate of drug-likeness (QED) is 0.302. The summed E-state index contributed by atoms with van der Waals surface area (Å²) in [5.41, 5.74) is 0.544. The molecule has 160 valence electrons. The molecule has 1 aromatic carbocycles. The molecule has 0 aromatic heterocycles. The highest BCUT2D eigenvalue weighted by molar-refractivity contribution is 14.0. The van der Waals surface area contributed by atoms with Crippen LogP contribution in [0.2, 0.25) is 0 Å². The van der Waals surface area contributed by atoms with Gasteiger partial charge in [0, 0.05) is 25.2 Å². The Kier molecular flexibility index (Phi) is 12.1. The van der Waals surface area contributed by atoms with Gasteiger partial charge in [-0.15, -0.1) is 24.0 Å². The Balaban J connectivity index is 0.00000392. The molecule has 0 unspecified atom stereocenters. The number of guanidine groups is 1. The smallest absolute Gasteiger partial charge is 0.387 e. The third kappa shape index (κ3) is 8.76. The standard InChI is InChI=1S/C19H30F2N4O2.HI/c1-3-22-19(23-9-12-25-10-5-4-6-11-25)24-14-15-13-16(26-2)7-8-17(15)27-18(20)21;/h7-8,13,18H,3-6,9-12,14H2,1-2H3,(H2,22,23,24);1H. The van der Waals surface area contributed by atoms with Crippen molar-refractivity contribution in [2.24, 2.45) is 4.99 Å². The molecule has 1 aliphatic heterocycles. The predicted octanol–water partition coefficient (Wildman–Crippen LogP) is 3.46. The maximum Gasteiger partial charge on any atom is 0.387 e. The summed E-state index contributed by atoms with van der Waals surface area (Å²) in [6, 6.07) is 4.73. The molecule has 1 fully saturated rings. The first-order valence-electron chi connectivity index (χ1n) is 9.48. The second-order valence-corrected chi connectivity index (χ2v) is 6.38. The molecule has 2 N–H and O–H groups in total. The first kappa shape index (κ1) is 24.7. The molecular weight excluding hydrogens is 481 g/mol. The summed E-state index contributed by atoms with van der Waals surface area (Å²) in [7, 11) is 1.53. The van der Waals surface area contributed by atoms with Crippen molar-refractivity contribution in [3.63, 3.8) is 0 Å². The van der Waals surface area contributed by atoms with Crippen molar-refractivity contribution in [1.29, 1.82) is 0 Å². The molecule has 1 aliphatic rings. The van der Waals surface area contributed by atoms with Crippen molar-refractivity contribution in [3.8, 4) is 11.5 Å². The van der Waals surface area contributed by atoms with Crippen LogP contribution in [-0.2, 0) is 6.54 Å². The van der Waals surface area contributed by atoms with Crippen LogP contribution in [0.25, 0.3) is 0 Å². The van der Waals surface area contributed by atoms with E-state index in [1.54, 1.807) is 12.1 Å². The number of ether oxygens (including phenoxy) is 2. The number of alkyl halides is 2. The van der Waals surface area contributed by atoms with Gasteiger partial charge in [0.05, 0.1) is 13.7 Å². The minimum Gasteiger partial charge on any atom is -0.497 e. The highest BCUT2D eigenvalue weighted by Crippen LogP contribution is 2.26. The zero-order valence-corrected chi connectivity index (χ0v) is 18.9. The molecule has 1 heterocycles. The number of piperidine rings is 1. The van der Waals surface area contributed by atoms with Crippen molar-refractivity contribution >= 4 is 29.9 Å². The monoisotopic (exact) mass is 512 g/mol. The van der Waals surface area contributed by atoms with Gasteiger partial charge in [0.25, 0.3) is 0 Å². The number of benzene rings is 1. The molecule has 0 saturated carbocycles. The number of hydrogen-bond acceptors (Lipinski definition) is 4. The summed E-state index contributed by atoms with van der Waals surface area (Å²) < 4.78 is 35.0. The minimum atomic E-state index is -2.88. The van der Waals surface area contributed by atoms with E-state index in [2.05, 4.69) is 25.3 Å². The normalized spacial score (nSPS) is 15.1. The van der Waals surface area contributed by atoms with E-state index < -0.39 is 6.61 Å². The van der Waals surface area contributed by atoms with Gasteiger partial charge in [-0.05, 0) is 51.1 Å². The Morgan fingerprint density at radius 3 is 2.61 bits per heavy atom. The number of aliphatic imine (C=N–C) groups is 1. The van der Waals surface area contributed by atoms with Crippen LogP contribution in [0.4, 0.5) is 8.78 Å². The Labute approximate surface area is 183 Å². The third-order valence-corrected chi connectivity index (χ3v) is 4.40. The fourth-order valence-electron chi connectivity index (χ4n) is 3.04. The van der Waals surface area contributed by atoms with E-state index in [-0.39, 0.29) is 36.3 Å². The summed E-state index contributed by atoms with van der Waals surface area (Å²) in [5.74, 6) is 1.34. The lowest BCUT2D eigenvalue weighted by Gasteiger charge is -2.26. The summed E-state index contributed by atoms with van der Waals surface area (Å²) in [6.07, 6.45) is 3.84. The first-order valence-corrected chi connectivity index (χ1v) is 9.48. The number of likely N-dealkylation sites (tertiary alicyclic amines) is 1. The highest BCUT2D eigenvalue weighted by atomic mass is 127. The highest BCUT2D eigenvalue weighted by Gasteiger charge is 2.12. The zero-order valence-electron chi connectivity index (χ0n) is 16.5. The molecule has 0 amide bonds. The molecule has 0 bridgehead atoms. The van der Waals surface area contributed by atoms with Crippen molar-refractivity contribution in [1.82, 2.24) is 15.5 Å². The largest absolute Gasteiger partial charge is 0.497 e. The van der Waals surface area contributed by atoms with E-state index in [9.17, 15) is 8.78 Å². The lowest BCUT2D eigenvalue weighted by Crippen LogP contribution is -2.42. The van der Waals surface area contributed by atoms with Crippen molar-refractivity contribution in [2.75, 3.05) is 39.8 Å². The number of halogens is 3. The van der Waals surface area contributed by atoms with E-state index >= 15 is 0 Å².